The Kier molecular flexibility index (Phi) is 4.90. The molecule has 1 saturated heterocycles. The Hall–Kier alpha value is -1.82. The highest BCUT2D eigenvalue weighted by atomic mass is 16.6. The zero-order chi connectivity index (χ0) is 16.3. The summed E-state index contributed by atoms with van der Waals surface area (Å²) in [4.78, 5) is 17.9. The van der Waals surface area contributed by atoms with Gasteiger partial charge in [0.2, 0.25) is 5.88 Å². The van der Waals surface area contributed by atoms with E-state index in [-0.39, 0.29) is 18.8 Å². The van der Waals surface area contributed by atoms with Gasteiger partial charge in [0.15, 0.2) is 0 Å². The number of carbonyl (C=O) groups excluding carboxylic acids is 1. The fourth-order valence-corrected chi connectivity index (χ4v) is 2.37. The molecule has 0 radical (unpaired) electrons. The predicted octanol–water partition coefficient (Wildman–Crippen LogP) is 2.14. The molecule has 2 atom stereocenters. The lowest BCUT2D eigenvalue weighted by molar-refractivity contribution is 0.0165. The number of likely N-dealkylation sites (tertiary alicyclic amines) is 1. The number of aliphatic hydroxyl groups excluding tert-OH is 1. The first-order valence-electron chi connectivity index (χ1n) is 7.48. The molecule has 0 saturated carbocycles. The quantitative estimate of drug-likeness (QED) is 0.926. The second kappa shape index (κ2) is 6.52. The van der Waals surface area contributed by atoms with Crippen LogP contribution < -0.4 is 4.74 Å². The number of aromatic nitrogens is 1. The van der Waals surface area contributed by atoms with Crippen LogP contribution in [0, 0.1) is 6.92 Å². The van der Waals surface area contributed by atoms with Crippen LogP contribution in [0.2, 0.25) is 0 Å². The molecular formula is C16H24N2O4. The van der Waals surface area contributed by atoms with E-state index in [1.165, 1.54) is 4.90 Å². The fraction of sp³-hybridized carbons (Fsp3) is 0.625. The highest BCUT2D eigenvalue weighted by Crippen LogP contribution is 2.24. The summed E-state index contributed by atoms with van der Waals surface area (Å²) in [5, 5.41) is 9.48. The van der Waals surface area contributed by atoms with Gasteiger partial charge in [-0.05, 0) is 33.3 Å². The number of carbonyl (C=O) groups is 1. The molecule has 0 bridgehead atoms. The molecule has 1 amide bonds. The Labute approximate surface area is 131 Å². The third-order valence-corrected chi connectivity index (χ3v) is 3.39. The normalized spacial score (nSPS) is 21.8. The van der Waals surface area contributed by atoms with Crippen molar-refractivity contribution in [1.82, 2.24) is 9.88 Å². The lowest BCUT2D eigenvalue weighted by Crippen LogP contribution is -2.41. The van der Waals surface area contributed by atoms with Gasteiger partial charge in [0.25, 0.3) is 0 Å². The van der Waals surface area contributed by atoms with Crippen LogP contribution in [0.5, 0.6) is 5.88 Å². The van der Waals surface area contributed by atoms with Gasteiger partial charge in [0.1, 0.15) is 11.7 Å². The van der Waals surface area contributed by atoms with Crippen molar-refractivity contribution in [2.75, 3.05) is 13.2 Å². The van der Waals surface area contributed by atoms with Gasteiger partial charge in [-0.2, -0.15) is 0 Å². The highest BCUT2D eigenvalue weighted by molar-refractivity contribution is 5.69. The molecule has 0 spiro atoms. The Morgan fingerprint density at radius 3 is 2.73 bits per heavy atom. The zero-order valence-electron chi connectivity index (χ0n) is 13.6. The topological polar surface area (TPSA) is 71.9 Å². The number of pyridine rings is 1. The first-order valence-corrected chi connectivity index (χ1v) is 7.48. The lowest BCUT2D eigenvalue weighted by atomic mass is 10.2. The summed E-state index contributed by atoms with van der Waals surface area (Å²) >= 11 is 0. The number of amides is 1. The van der Waals surface area contributed by atoms with Gasteiger partial charge in [-0.3, -0.25) is 4.90 Å². The Morgan fingerprint density at radius 2 is 2.18 bits per heavy atom. The first kappa shape index (κ1) is 16.5. The molecule has 0 aliphatic carbocycles. The summed E-state index contributed by atoms with van der Waals surface area (Å²) in [6.07, 6.45) is 1.68. The van der Waals surface area contributed by atoms with E-state index in [1.807, 2.05) is 33.8 Å². The zero-order valence-corrected chi connectivity index (χ0v) is 13.6. The van der Waals surface area contributed by atoms with Gasteiger partial charge < -0.3 is 14.6 Å². The minimum atomic E-state index is -0.561. The van der Waals surface area contributed by atoms with Crippen LogP contribution in [-0.4, -0.2) is 52.0 Å². The summed E-state index contributed by atoms with van der Waals surface area (Å²) in [6.45, 7) is 7.69. The van der Waals surface area contributed by atoms with Crippen LogP contribution in [-0.2, 0) is 4.74 Å². The van der Waals surface area contributed by atoms with E-state index in [9.17, 15) is 9.90 Å². The molecule has 1 aliphatic rings. The summed E-state index contributed by atoms with van der Waals surface area (Å²) in [5.41, 5.74) is 0.497. The van der Waals surface area contributed by atoms with Crippen molar-refractivity contribution in [1.29, 1.82) is 0 Å². The highest BCUT2D eigenvalue weighted by Gasteiger charge is 2.38. The van der Waals surface area contributed by atoms with Crippen molar-refractivity contribution >= 4 is 6.09 Å². The maximum absolute atomic E-state index is 12.2. The molecule has 1 aliphatic heterocycles. The molecule has 2 heterocycles. The van der Waals surface area contributed by atoms with Crippen LogP contribution in [0.3, 0.4) is 0 Å². The van der Waals surface area contributed by atoms with Crippen molar-refractivity contribution in [3.63, 3.8) is 0 Å². The molecule has 122 valence electrons. The first-order chi connectivity index (χ1) is 10.3. The second-order valence-corrected chi connectivity index (χ2v) is 6.62. The SMILES string of the molecule is Cc1ccc(O[C@H]2C[C@@H](CO)N(C(=O)OC(C)(C)C)C2)nc1. The van der Waals surface area contributed by atoms with E-state index in [4.69, 9.17) is 9.47 Å². The van der Waals surface area contributed by atoms with Gasteiger partial charge in [0, 0.05) is 18.7 Å². The van der Waals surface area contributed by atoms with E-state index in [1.54, 1.807) is 12.3 Å². The molecule has 1 aromatic heterocycles. The standard InChI is InChI=1S/C16H24N2O4/c1-11-5-6-14(17-8-11)21-13-7-12(10-19)18(9-13)15(20)22-16(2,3)4/h5-6,8,12-13,19H,7,9-10H2,1-4H3/t12-,13-/m0/s1. The maximum atomic E-state index is 12.2. The van der Waals surface area contributed by atoms with Crippen molar-refractivity contribution in [2.45, 2.75) is 51.9 Å². The van der Waals surface area contributed by atoms with Crippen LogP contribution >= 0.6 is 0 Å². The smallest absolute Gasteiger partial charge is 0.410 e. The molecule has 1 N–H and O–H groups in total. The van der Waals surface area contributed by atoms with Gasteiger partial charge in [-0.15, -0.1) is 0 Å². The second-order valence-electron chi connectivity index (χ2n) is 6.62. The average Bonchev–Trinajstić information content (AvgIpc) is 2.83. The number of aliphatic hydroxyl groups is 1. The fourth-order valence-electron chi connectivity index (χ4n) is 2.37. The summed E-state index contributed by atoms with van der Waals surface area (Å²) in [5.74, 6) is 0.526. The van der Waals surface area contributed by atoms with Crippen LogP contribution in [0.4, 0.5) is 4.79 Å². The molecule has 1 aromatic rings. The summed E-state index contributed by atoms with van der Waals surface area (Å²) in [7, 11) is 0. The number of ether oxygens (including phenoxy) is 2. The monoisotopic (exact) mass is 308 g/mol. The van der Waals surface area contributed by atoms with Crippen molar-refractivity contribution < 1.29 is 19.4 Å². The molecule has 6 heteroatoms. The molecule has 0 unspecified atom stereocenters. The van der Waals surface area contributed by atoms with E-state index in [0.29, 0.717) is 18.8 Å². The molecule has 2 rings (SSSR count). The number of aryl methyl sites for hydroxylation is 1. The Bertz CT molecular complexity index is 510. The minimum Gasteiger partial charge on any atom is -0.472 e. The largest absolute Gasteiger partial charge is 0.472 e. The van der Waals surface area contributed by atoms with E-state index >= 15 is 0 Å². The van der Waals surface area contributed by atoms with E-state index in [0.717, 1.165) is 5.56 Å². The van der Waals surface area contributed by atoms with E-state index in [2.05, 4.69) is 4.98 Å². The molecule has 22 heavy (non-hydrogen) atoms. The van der Waals surface area contributed by atoms with Crippen molar-refractivity contribution in [2.24, 2.45) is 0 Å². The molecule has 0 aromatic carbocycles. The lowest BCUT2D eigenvalue weighted by Gasteiger charge is -2.27. The molecular weight excluding hydrogens is 284 g/mol. The average molecular weight is 308 g/mol. The van der Waals surface area contributed by atoms with Gasteiger partial charge in [0.05, 0.1) is 19.2 Å². The third kappa shape index (κ3) is 4.34. The molecule has 1 fully saturated rings. The van der Waals surface area contributed by atoms with E-state index < -0.39 is 11.7 Å². The van der Waals surface area contributed by atoms with Gasteiger partial charge in [-0.25, -0.2) is 9.78 Å². The van der Waals surface area contributed by atoms with Crippen molar-refractivity contribution in [3.05, 3.63) is 23.9 Å². The Balaban J connectivity index is 1.99. The number of hydrogen-bond acceptors (Lipinski definition) is 5. The maximum Gasteiger partial charge on any atom is 0.410 e. The van der Waals surface area contributed by atoms with Gasteiger partial charge in [-0.1, -0.05) is 6.07 Å². The third-order valence-electron chi connectivity index (χ3n) is 3.39. The summed E-state index contributed by atoms with van der Waals surface area (Å²) < 4.78 is 11.2. The minimum absolute atomic E-state index is 0.111. The van der Waals surface area contributed by atoms with Crippen LogP contribution in [0.1, 0.15) is 32.8 Å². The molecule has 6 nitrogen and oxygen atoms in total. The predicted molar refractivity (Wildman–Crippen MR) is 81.8 cm³/mol. The van der Waals surface area contributed by atoms with Gasteiger partial charge >= 0.3 is 6.09 Å². The summed E-state index contributed by atoms with van der Waals surface area (Å²) in [6, 6.07) is 3.44. The number of rotatable bonds is 3. The van der Waals surface area contributed by atoms with Crippen LogP contribution in [0.15, 0.2) is 18.3 Å². The number of hydrogen-bond donors (Lipinski definition) is 1. The van der Waals surface area contributed by atoms with Crippen molar-refractivity contribution in [3.8, 4) is 5.88 Å². The Morgan fingerprint density at radius 1 is 1.45 bits per heavy atom. The number of nitrogens with zero attached hydrogens (tertiary/aromatic N) is 2. The van der Waals surface area contributed by atoms with Crippen LogP contribution in [0.25, 0.3) is 0 Å².